The average Bonchev–Trinajstić information content (AvgIpc) is 2.53. The van der Waals surface area contributed by atoms with Crippen LogP contribution in [-0.4, -0.2) is 10.7 Å². The molecule has 68 valence electrons. The summed E-state index contributed by atoms with van der Waals surface area (Å²) >= 11 is 0. The van der Waals surface area contributed by atoms with Crippen LogP contribution in [0.3, 0.4) is 0 Å². The maximum absolute atomic E-state index is 10.1. The number of hydrogen-bond donors (Lipinski definition) is 1. The van der Waals surface area contributed by atoms with Crippen LogP contribution in [0.15, 0.2) is 0 Å². The zero-order valence-corrected chi connectivity index (χ0v) is 7.93. The van der Waals surface area contributed by atoms with E-state index in [4.69, 9.17) is 5.26 Å². The molecule has 2 heteroatoms. The summed E-state index contributed by atoms with van der Waals surface area (Å²) in [6, 6.07) is 2.32. The van der Waals surface area contributed by atoms with Gasteiger partial charge in [0.25, 0.3) is 0 Å². The van der Waals surface area contributed by atoms with Crippen LogP contribution in [0.25, 0.3) is 0 Å². The Kier molecular flexibility index (Phi) is 2.44. The summed E-state index contributed by atoms with van der Waals surface area (Å²) in [5.74, 6) is 0. The summed E-state index contributed by atoms with van der Waals surface area (Å²) < 4.78 is 0. The predicted octanol–water partition coefficient (Wildman–Crippen LogP) is 2.23. The fourth-order valence-corrected chi connectivity index (χ4v) is 2.09. The standard InChI is InChI=1S/C10H17NO/c1-3-9(2,12)10(8-11)6-4-5-7-10/h12H,3-7H2,1-2H3. The van der Waals surface area contributed by atoms with Crippen LogP contribution >= 0.6 is 0 Å². The fourth-order valence-electron chi connectivity index (χ4n) is 2.09. The SMILES string of the molecule is CCC(C)(O)C1(C#N)CCCC1. The summed E-state index contributed by atoms with van der Waals surface area (Å²) in [6.07, 6.45) is 4.57. The van der Waals surface area contributed by atoms with Gasteiger partial charge in [0.05, 0.1) is 17.1 Å². The molecule has 1 aliphatic carbocycles. The van der Waals surface area contributed by atoms with E-state index in [1.807, 2.05) is 6.92 Å². The molecule has 12 heavy (non-hydrogen) atoms. The minimum atomic E-state index is -0.793. The van der Waals surface area contributed by atoms with Crippen LogP contribution in [0.1, 0.15) is 46.0 Å². The second kappa shape index (κ2) is 3.06. The van der Waals surface area contributed by atoms with Crippen molar-refractivity contribution in [2.45, 2.75) is 51.6 Å². The molecule has 1 unspecified atom stereocenters. The second-order valence-corrected chi connectivity index (χ2v) is 4.03. The lowest BCUT2D eigenvalue weighted by Crippen LogP contribution is -2.42. The molecule has 1 aliphatic rings. The minimum Gasteiger partial charge on any atom is -0.389 e. The molecule has 1 fully saturated rings. The topological polar surface area (TPSA) is 44.0 Å². The second-order valence-electron chi connectivity index (χ2n) is 4.03. The normalized spacial score (nSPS) is 26.2. The lowest BCUT2D eigenvalue weighted by Gasteiger charge is -2.36. The van der Waals surface area contributed by atoms with E-state index in [2.05, 4.69) is 6.07 Å². The van der Waals surface area contributed by atoms with Crippen LogP contribution < -0.4 is 0 Å². The summed E-state index contributed by atoms with van der Waals surface area (Å²) in [7, 11) is 0. The van der Waals surface area contributed by atoms with Crippen LogP contribution in [-0.2, 0) is 0 Å². The number of rotatable bonds is 2. The van der Waals surface area contributed by atoms with Gasteiger partial charge in [-0.15, -0.1) is 0 Å². The molecular weight excluding hydrogens is 150 g/mol. The first-order valence-corrected chi connectivity index (χ1v) is 4.71. The lowest BCUT2D eigenvalue weighted by molar-refractivity contribution is -0.0393. The van der Waals surface area contributed by atoms with Crippen molar-refractivity contribution in [3.05, 3.63) is 0 Å². The van der Waals surface area contributed by atoms with Gasteiger partial charge in [-0.3, -0.25) is 0 Å². The van der Waals surface area contributed by atoms with Gasteiger partial charge >= 0.3 is 0 Å². The number of nitrogens with zero attached hydrogens (tertiary/aromatic N) is 1. The van der Waals surface area contributed by atoms with Crippen molar-refractivity contribution in [3.8, 4) is 6.07 Å². The smallest absolute Gasteiger partial charge is 0.0857 e. The molecule has 1 atom stereocenters. The molecule has 0 saturated heterocycles. The Hall–Kier alpha value is -0.550. The first kappa shape index (κ1) is 9.54. The number of nitriles is 1. The van der Waals surface area contributed by atoms with Crippen LogP contribution in [0.2, 0.25) is 0 Å². The van der Waals surface area contributed by atoms with E-state index in [9.17, 15) is 5.11 Å². The van der Waals surface area contributed by atoms with Gasteiger partial charge in [-0.05, 0) is 26.2 Å². The molecule has 1 N–H and O–H groups in total. The minimum absolute atomic E-state index is 0.457. The monoisotopic (exact) mass is 167 g/mol. The first-order chi connectivity index (χ1) is 5.58. The Morgan fingerprint density at radius 3 is 2.33 bits per heavy atom. The Morgan fingerprint density at radius 1 is 1.50 bits per heavy atom. The highest BCUT2D eigenvalue weighted by Gasteiger charge is 2.48. The Morgan fingerprint density at radius 2 is 2.00 bits per heavy atom. The molecule has 0 aromatic carbocycles. The van der Waals surface area contributed by atoms with Gasteiger partial charge in [-0.1, -0.05) is 19.8 Å². The fraction of sp³-hybridized carbons (Fsp3) is 0.900. The summed E-state index contributed by atoms with van der Waals surface area (Å²) in [5, 5.41) is 19.1. The molecule has 0 aromatic rings. The third-order valence-electron chi connectivity index (χ3n) is 3.39. The number of aliphatic hydroxyl groups is 1. The van der Waals surface area contributed by atoms with E-state index < -0.39 is 11.0 Å². The third-order valence-corrected chi connectivity index (χ3v) is 3.39. The summed E-state index contributed by atoms with van der Waals surface area (Å²) in [6.45, 7) is 3.74. The van der Waals surface area contributed by atoms with Gasteiger partial charge in [-0.2, -0.15) is 5.26 Å². The van der Waals surface area contributed by atoms with Crippen LogP contribution in [0, 0.1) is 16.7 Å². The molecule has 0 aromatic heterocycles. The molecule has 2 nitrogen and oxygen atoms in total. The van der Waals surface area contributed by atoms with E-state index in [1.54, 1.807) is 6.92 Å². The van der Waals surface area contributed by atoms with E-state index in [-0.39, 0.29) is 0 Å². The van der Waals surface area contributed by atoms with Gasteiger partial charge in [-0.25, -0.2) is 0 Å². The zero-order chi connectivity index (χ0) is 9.24. The molecule has 0 heterocycles. The van der Waals surface area contributed by atoms with Gasteiger partial charge in [0.1, 0.15) is 0 Å². The van der Waals surface area contributed by atoms with Gasteiger partial charge in [0, 0.05) is 0 Å². The molecule has 1 saturated carbocycles. The Bertz CT molecular complexity index is 196. The zero-order valence-electron chi connectivity index (χ0n) is 7.93. The third kappa shape index (κ3) is 1.23. The highest BCUT2D eigenvalue weighted by molar-refractivity contribution is 5.11. The summed E-state index contributed by atoms with van der Waals surface area (Å²) in [4.78, 5) is 0. The molecule has 0 aliphatic heterocycles. The van der Waals surface area contributed by atoms with Crippen molar-refractivity contribution < 1.29 is 5.11 Å². The van der Waals surface area contributed by atoms with Gasteiger partial charge in [0.15, 0.2) is 0 Å². The van der Waals surface area contributed by atoms with E-state index in [1.165, 1.54) is 0 Å². The molecule has 1 rings (SSSR count). The van der Waals surface area contributed by atoms with Crippen molar-refractivity contribution in [3.63, 3.8) is 0 Å². The molecule has 0 spiro atoms. The van der Waals surface area contributed by atoms with Crippen molar-refractivity contribution in [1.82, 2.24) is 0 Å². The van der Waals surface area contributed by atoms with Gasteiger partial charge < -0.3 is 5.11 Å². The maximum atomic E-state index is 10.1. The Balaban J connectivity index is 2.88. The van der Waals surface area contributed by atoms with Crippen molar-refractivity contribution >= 4 is 0 Å². The maximum Gasteiger partial charge on any atom is 0.0857 e. The van der Waals surface area contributed by atoms with E-state index >= 15 is 0 Å². The molecule has 0 bridgehead atoms. The van der Waals surface area contributed by atoms with E-state index in [0.717, 1.165) is 25.7 Å². The van der Waals surface area contributed by atoms with Crippen molar-refractivity contribution in [2.24, 2.45) is 5.41 Å². The Labute approximate surface area is 74.2 Å². The predicted molar refractivity (Wildman–Crippen MR) is 47.4 cm³/mol. The van der Waals surface area contributed by atoms with Crippen molar-refractivity contribution in [1.29, 1.82) is 5.26 Å². The average molecular weight is 167 g/mol. The molecular formula is C10H17NO. The largest absolute Gasteiger partial charge is 0.389 e. The quantitative estimate of drug-likeness (QED) is 0.685. The van der Waals surface area contributed by atoms with E-state index in [0.29, 0.717) is 6.42 Å². The van der Waals surface area contributed by atoms with Crippen LogP contribution in [0.5, 0.6) is 0 Å². The van der Waals surface area contributed by atoms with Crippen molar-refractivity contribution in [2.75, 3.05) is 0 Å². The number of hydrogen-bond acceptors (Lipinski definition) is 2. The summed E-state index contributed by atoms with van der Waals surface area (Å²) in [5.41, 5.74) is -1.25. The lowest BCUT2D eigenvalue weighted by atomic mass is 9.71. The highest BCUT2D eigenvalue weighted by atomic mass is 16.3. The molecule has 0 radical (unpaired) electrons. The highest BCUT2D eigenvalue weighted by Crippen LogP contribution is 2.47. The molecule has 0 amide bonds. The first-order valence-electron chi connectivity index (χ1n) is 4.71. The van der Waals surface area contributed by atoms with Crippen LogP contribution in [0.4, 0.5) is 0 Å². The van der Waals surface area contributed by atoms with Gasteiger partial charge in [0.2, 0.25) is 0 Å².